The molecule has 1 aromatic carbocycles. The molecule has 0 unspecified atom stereocenters. The molecule has 1 saturated heterocycles. The third kappa shape index (κ3) is 4.50. The average Bonchev–Trinajstić information content (AvgIpc) is 3.35. The molecule has 142 valence electrons. The van der Waals surface area contributed by atoms with E-state index < -0.39 is 10.0 Å². The van der Waals surface area contributed by atoms with Crippen LogP contribution in [-0.2, 0) is 10.0 Å². The second-order valence-corrected chi connectivity index (χ2v) is 9.24. The summed E-state index contributed by atoms with van der Waals surface area (Å²) in [6.45, 7) is 2.02. The van der Waals surface area contributed by atoms with E-state index in [4.69, 9.17) is 0 Å². The van der Waals surface area contributed by atoms with Crippen molar-refractivity contribution in [2.75, 3.05) is 17.8 Å². The van der Waals surface area contributed by atoms with Crippen molar-refractivity contribution >= 4 is 39.5 Å². The number of thiophene rings is 1. The first-order chi connectivity index (χ1) is 12.6. The van der Waals surface area contributed by atoms with Crippen LogP contribution in [0, 0.1) is 0 Å². The summed E-state index contributed by atoms with van der Waals surface area (Å²) in [4.78, 5) is 5.09. The van der Waals surface area contributed by atoms with Crippen LogP contribution in [0.3, 0.4) is 0 Å². The highest BCUT2D eigenvalue weighted by molar-refractivity contribution is 7.94. The molecule has 2 aromatic heterocycles. The Labute approximate surface area is 169 Å². The van der Waals surface area contributed by atoms with E-state index in [9.17, 15) is 8.42 Å². The molecule has 0 aliphatic carbocycles. The van der Waals surface area contributed by atoms with Gasteiger partial charge in [-0.1, -0.05) is 18.2 Å². The van der Waals surface area contributed by atoms with E-state index in [1.165, 1.54) is 16.9 Å². The van der Waals surface area contributed by atoms with Crippen molar-refractivity contribution in [2.45, 2.75) is 16.5 Å². The van der Waals surface area contributed by atoms with Gasteiger partial charge in [0, 0.05) is 18.4 Å². The van der Waals surface area contributed by atoms with Gasteiger partial charge < -0.3 is 5.32 Å². The molecule has 0 spiro atoms. The third-order valence-corrected chi connectivity index (χ3v) is 7.44. The minimum Gasteiger partial charge on any atom is -0.316 e. The largest absolute Gasteiger partial charge is 0.316 e. The molecule has 1 aliphatic heterocycles. The maximum absolute atomic E-state index is 12.7. The number of hydrogen-bond acceptors (Lipinski definition) is 5. The summed E-state index contributed by atoms with van der Waals surface area (Å²) in [6.07, 6.45) is 2.82. The van der Waals surface area contributed by atoms with E-state index in [2.05, 4.69) is 15.0 Å². The minimum absolute atomic E-state index is 0. The summed E-state index contributed by atoms with van der Waals surface area (Å²) < 4.78 is 28.3. The van der Waals surface area contributed by atoms with Gasteiger partial charge in [0.05, 0.1) is 10.6 Å². The van der Waals surface area contributed by atoms with Crippen LogP contribution in [-0.4, -0.2) is 26.5 Å². The number of pyridine rings is 1. The second-order valence-electron chi connectivity index (χ2n) is 6.25. The fourth-order valence-electron chi connectivity index (χ4n) is 3.08. The lowest BCUT2D eigenvalue weighted by Gasteiger charge is -2.11. The molecule has 4 rings (SSSR count). The fraction of sp³-hybridized carbons (Fsp3) is 0.211. The number of halogens is 1. The van der Waals surface area contributed by atoms with Gasteiger partial charge in [-0.2, -0.15) is 0 Å². The molecule has 1 atom stereocenters. The van der Waals surface area contributed by atoms with Gasteiger partial charge in [0.1, 0.15) is 4.21 Å². The Kier molecular flexibility index (Phi) is 6.16. The molecule has 8 heteroatoms. The Hall–Kier alpha value is -1.93. The molecular weight excluding hydrogens is 402 g/mol. The van der Waals surface area contributed by atoms with Crippen LogP contribution in [0.4, 0.5) is 5.69 Å². The molecule has 3 aromatic rings. The predicted molar refractivity (Wildman–Crippen MR) is 112 cm³/mol. The number of benzene rings is 1. The summed E-state index contributed by atoms with van der Waals surface area (Å²) in [5.74, 6) is 0.513. The lowest BCUT2D eigenvalue weighted by molar-refractivity contribution is 0.603. The number of hydrogen-bond donors (Lipinski definition) is 2. The van der Waals surface area contributed by atoms with Crippen LogP contribution < -0.4 is 10.0 Å². The first kappa shape index (κ1) is 19.8. The molecule has 1 aliphatic rings. The lowest BCUT2D eigenvalue weighted by Crippen LogP contribution is -2.11. The first-order valence-corrected chi connectivity index (χ1v) is 10.8. The van der Waals surface area contributed by atoms with Gasteiger partial charge in [0.25, 0.3) is 10.0 Å². The zero-order chi connectivity index (χ0) is 18.0. The monoisotopic (exact) mass is 421 g/mol. The van der Waals surface area contributed by atoms with Crippen LogP contribution in [0.1, 0.15) is 17.9 Å². The SMILES string of the molecule is Cl.O=S(=O)(Nc1ccc([C@@H]2CCNC2)cc1)c1ccc(-c2ccccn2)s1. The van der Waals surface area contributed by atoms with Gasteiger partial charge in [-0.15, -0.1) is 23.7 Å². The Morgan fingerprint density at radius 1 is 1.07 bits per heavy atom. The minimum atomic E-state index is -3.60. The Morgan fingerprint density at radius 3 is 2.56 bits per heavy atom. The maximum atomic E-state index is 12.7. The highest BCUT2D eigenvalue weighted by atomic mass is 35.5. The van der Waals surface area contributed by atoms with E-state index in [1.807, 2.05) is 42.5 Å². The number of nitrogens with zero attached hydrogens (tertiary/aromatic N) is 1. The van der Waals surface area contributed by atoms with Gasteiger partial charge in [-0.05, 0) is 60.8 Å². The highest BCUT2D eigenvalue weighted by Crippen LogP contribution is 2.31. The van der Waals surface area contributed by atoms with Crippen LogP contribution in [0.25, 0.3) is 10.6 Å². The van der Waals surface area contributed by atoms with Crippen molar-refractivity contribution in [3.05, 3.63) is 66.4 Å². The van der Waals surface area contributed by atoms with Gasteiger partial charge in [0.2, 0.25) is 0 Å². The van der Waals surface area contributed by atoms with Gasteiger partial charge in [-0.25, -0.2) is 8.42 Å². The summed E-state index contributed by atoms with van der Waals surface area (Å²) in [5, 5.41) is 3.35. The summed E-state index contributed by atoms with van der Waals surface area (Å²) in [6, 6.07) is 16.7. The average molecular weight is 422 g/mol. The van der Waals surface area contributed by atoms with E-state index in [0.717, 1.165) is 30.1 Å². The zero-order valence-corrected chi connectivity index (χ0v) is 16.9. The second kappa shape index (κ2) is 8.39. The number of sulfonamides is 1. The van der Waals surface area contributed by atoms with Crippen LogP contribution in [0.5, 0.6) is 0 Å². The van der Waals surface area contributed by atoms with Crippen molar-refractivity contribution in [2.24, 2.45) is 0 Å². The van der Waals surface area contributed by atoms with Crippen LogP contribution in [0.2, 0.25) is 0 Å². The Morgan fingerprint density at radius 2 is 1.89 bits per heavy atom. The molecule has 0 bridgehead atoms. The van der Waals surface area contributed by atoms with E-state index in [1.54, 1.807) is 18.3 Å². The van der Waals surface area contributed by atoms with Crippen molar-refractivity contribution in [1.82, 2.24) is 10.3 Å². The fourth-order valence-corrected chi connectivity index (χ4v) is 5.42. The summed E-state index contributed by atoms with van der Waals surface area (Å²) in [5.41, 5.74) is 2.59. The molecule has 27 heavy (non-hydrogen) atoms. The number of nitrogens with one attached hydrogen (secondary N) is 2. The molecule has 5 nitrogen and oxygen atoms in total. The normalized spacial score (nSPS) is 16.7. The Bertz CT molecular complexity index is 983. The predicted octanol–water partition coefficient (Wildman–Crippen LogP) is 4.11. The smallest absolute Gasteiger partial charge is 0.271 e. The molecule has 1 fully saturated rings. The van der Waals surface area contributed by atoms with E-state index >= 15 is 0 Å². The van der Waals surface area contributed by atoms with Crippen LogP contribution >= 0.6 is 23.7 Å². The molecule has 0 amide bonds. The first-order valence-electron chi connectivity index (χ1n) is 8.46. The molecular formula is C19H20ClN3O2S2. The van der Waals surface area contributed by atoms with Gasteiger partial charge >= 0.3 is 0 Å². The lowest BCUT2D eigenvalue weighted by atomic mass is 9.98. The van der Waals surface area contributed by atoms with Crippen molar-refractivity contribution in [1.29, 1.82) is 0 Å². The molecule has 2 N–H and O–H groups in total. The highest BCUT2D eigenvalue weighted by Gasteiger charge is 2.19. The van der Waals surface area contributed by atoms with Crippen molar-refractivity contribution < 1.29 is 8.42 Å². The number of rotatable bonds is 5. The molecule has 0 saturated carbocycles. The van der Waals surface area contributed by atoms with Crippen LogP contribution in [0.15, 0.2) is 65.0 Å². The Balaban J connectivity index is 0.00000210. The summed E-state index contributed by atoms with van der Waals surface area (Å²) in [7, 11) is -3.60. The third-order valence-electron chi connectivity index (χ3n) is 4.46. The van der Waals surface area contributed by atoms with Crippen molar-refractivity contribution in [3.8, 4) is 10.6 Å². The van der Waals surface area contributed by atoms with Gasteiger partial charge in [0.15, 0.2) is 0 Å². The standard InChI is InChI=1S/C19H19N3O2S2.ClH/c23-26(24,19-9-8-18(25-19)17-3-1-2-11-21-17)22-16-6-4-14(5-7-16)15-10-12-20-13-15;/h1-9,11,15,20,22H,10,12-13H2;1H/t15-;/m1./s1. The maximum Gasteiger partial charge on any atom is 0.271 e. The van der Waals surface area contributed by atoms with Crippen molar-refractivity contribution in [3.63, 3.8) is 0 Å². The number of aromatic nitrogens is 1. The molecule has 0 radical (unpaired) electrons. The van der Waals surface area contributed by atoms with E-state index in [0.29, 0.717) is 11.6 Å². The zero-order valence-electron chi connectivity index (χ0n) is 14.5. The molecule has 3 heterocycles. The van der Waals surface area contributed by atoms with E-state index in [-0.39, 0.29) is 16.6 Å². The number of anilines is 1. The van der Waals surface area contributed by atoms with Gasteiger partial charge in [-0.3, -0.25) is 9.71 Å². The summed E-state index contributed by atoms with van der Waals surface area (Å²) >= 11 is 1.21. The topological polar surface area (TPSA) is 71.1 Å². The quantitative estimate of drug-likeness (QED) is 0.650.